The summed E-state index contributed by atoms with van der Waals surface area (Å²) in [5, 5.41) is 0. The minimum absolute atomic E-state index is 0.0281. The molecule has 4 atom stereocenters. The molecule has 2 aromatic carbocycles. The van der Waals surface area contributed by atoms with E-state index in [1.807, 2.05) is 60.7 Å². The second-order valence-electron chi connectivity index (χ2n) is 7.94. The Morgan fingerprint density at radius 3 is 2.18 bits per heavy atom. The fourth-order valence-electron chi connectivity index (χ4n) is 4.61. The van der Waals surface area contributed by atoms with E-state index < -0.39 is 0 Å². The normalized spacial score (nSPS) is 26.9. The highest BCUT2D eigenvalue weighted by Gasteiger charge is 2.38. The van der Waals surface area contributed by atoms with E-state index >= 15 is 0 Å². The van der Waals surface area contributed by atoms with Crippen molar-refractivity contribution in [2.24, 2.45) is 17.8 Å². The topological polar surface area (TPSA) is 44.8 Å². The molecule has 2 saturated carbocycles. The van der Waals surface area contributed by atoms with Crippen LogP contribution < -0.4 is 9.47 Å². The van der Waals surface area contributed by atoms with Crippen molar-refractivity contribution in [1.29, 1.82) is 0 Å². The molecule has 0 N–H and O–H groups in total. The van der Waals surface area contributed by atoms with Crippen LogP contribution in [0.5, 0.6) is 11.5 Å². The van der Waals surface area contributed by atoms with Crippen molar-refractivity contribution in [3.05, 3.63) is 60.7 Å². The SMILES string of the molecule is O=C(Oc1ccccc1)C1CCC2CC(OCOc3ccccc3)CCC2C1. The van der Waals surface area contributed by atoms with Gasteiger partial charge in [-0.1, -0.05) is 36.4 Å². The number of hydrogen-bond acceptors (Lipinski definition) is 4. The van der Waals surface area contributed by atoms with Gasteiger partial charge in [0.1, 0.15) is 11.5 Å². The van der Waals surface area contributed by atoms with Crippen molar-refractivity contribution in [3.63, 3.8) is 0 Å². The van der Waals surface area contributed by atoms with Gasteiger partial charge in [0.25, 0.3) is 0 Å². The van der Waals surface area contributed by atoms with Gasteiger partial charge >= 0.3 is 5.97 Å². The van der Waals surface area contributed by atoms with Crippen LogP contribution in [-0.2, 0) is 9.53 Å². The molecule has 0 heterocycles. The lowest BCUT2D eigenvalue weighted by Crippen LogP contribution is -2.37. The Bertz CT molecular complexity index is 746. The molecule has 0 aromatic heterocycles. The molecule has 0 aliphatic heterocycles. The van der Waals surface area contributed by atoms with Crippen LogP contribution in [0.15, 0.2) is 60.7 Å². The number of esters is 1. The molecule has 148 valence electrons. The van der Waals surface area contributed by atoms with Crippen molar-refractivity contribution in [3.8, 4) is 11.5 Å². The first-order chi connectivity index (χ1) is 13.8. The van der Waals surface area contributed by atoms with Crippen molar-refractivity contribution in [2.45, 2.75) is 44.6 Å². The average molecular weight is 380 g/mol. The van der Waals surface area contributed by atoms with Gasteiger partial charge in [-0.05, 0) is 74.6 Å². The Balaban J connectivity index is 1.21. The zero-order chi connectivity index (χ0) is 19.2. The number of carbonyl (C=O) groups excluding carboxylic acids is 1. The van der Waals surface area contributed by atoms with E-state index in [-0.39, 0.29) is 18.0 Å². The van der Waals surface area contributed by atoms with Crippen molar-refractivity contribution in [2.75, 3.05) is 6.79 Å². The first kappa shape index (κ1) is 19.0. The third-order valence-corrected chi connectivity index (χ3v) is 6.13. The fourth-order valence-corrected chi connectivity index (χ4v) is 4.61. The molecule has 4 heteroatoms. The highest BCUT2D eigenvalue weighted by Crippen LogP contribution is 2.43. The summed E-state index contributed by atoms with van der Waals surface area (Å²) in [5.74, 6) is 2.70. The van der Waals surface area contributed by atoms with E-state index in [1.165, 1.54) is 0 Å². The number of carbonyl (C=O) groups is 1. The third kappa shape index (κ3) is 4.93. The molecule has 0 saturated heterocycles. The molecule has 2 fully saturated rings. The number of hydrogen-bond donors (Lipinski definition) is 0. The average Bonchev–Trinajstić information content (AvgIpc) is 2.75. The summed E-state index contributed by atoms with van der Waals surface area (Å²) < 4.78 is 17.2. The summed E-state index contributed by atoms with van der Waals surface area (Å²) in [5.41, 5.74) is 0. The maximum atomic E-state index is 12.5. The van der Waals surface area contributed by atoms with Gasteiger partial charge in [-0.25, -0.2) is 0 Å². The zero-order valence-corrected chi connectivity index (χ0v) is 16.2. The molecule has 28 heavy (non-hydrogen) atoms. The molecule has 2 aromatic rings. The summed E-state index contributed by atoms with van der Waals surface area (Å²) in [6.07, 6.45) is 6.44. The quantitative estimate of drug-likeness (QED) is 0.391. The summed E-state index contributed by atoms with van der Waals surface area (Å²) in [7, 11) is 0. The van der Waals surface area contributed by atoms with Gasteiger partial charge in [-0.3, -0.25) is 4.79 Å². The molecular formula is C24H28O4. The first-order valence-corrected chi connectivity index (χ1v) is 10.3. The lowest BCUT2D eigenvalue weighted by atomic mass is 9.67. The van der Waals surface area contributed by atoms with Crippen molar-refractivity contribution < 1.29 is 19.0 Å². The molecule has 0 spiro atoms. The Hall–Kier alpha value is -2.33. The van der Waals surface area contributed by atoms with Crippen LogP contribution in [0.1, 0.15) is 38.5 Å². The monoisotopic (exact) mass is 380 g/mol. The first-order valence-electron chi connectivity index (χ1n) is 10.3. The van der Waals surface area contributed by atoms with E-state index in [1.54, 1.807) is 0 Å². The minimum atomic E-state index is -0.0701. The smallest absolute Gasteiger partial charge is 0.314 e. The van der Waals surface area contributed by atoms with Gasteiger partial charge < -0.3 is 14.2 Å². The Labute approximate surface area is 166 Å². The molecule has 4 unspecified atom stereocenters. The predicted molar refractivity (Wildman–Crippen MR) is 107 cm³/mol. The lowest BCUT2D eigenvalue weighted by molar-refractivity contribution is -0.142. The van der Waals surface area contributed by atoms with Crippen LogP contribution in [0.4, 0.5) is 0 Å². The van der Waals surface area contributed by atoms with E-state index in [0.29, 0.717) is 24.4 Å². The lowest BCUT2D eigenvalue weighted by Gasteiger charge is -2.41. The van der Waals surface area contributed by atoms with Gasteiger partial charge in [0, 0.05) is 0 Å². The predicted octanol–water partition coefficient (Wildman–Crippen LogP) is 5.23. The summed E-state index contributed by atoms with van der Waals surface area (Å²) in [6, 6.07) is 19.2. The van der Waals surface area contributed by atoms with Gasteiger partial charge in [-0.2, -0.15) is 0 Å². The van der Waals surface area contributed by atoms with Gasteiger partial charge in [-0.15, -0.1) is 0 Å². The Morgan fingerprint density at radius 2 is 1.43 bits per heavy atom. The minimum Gasteiger partial charge on any atom is -0.468 e. The van der Waals surface area contributed by atoms with Gasteiger partial charge in [0.05, 0.1) is 12.0 Å². The highest BCUT2D eigenvalue weighted by atomic mass is 16.7. The number of ether oxygens (including phenoxy) is 3. The van der Waals surface area contributed by atoms with Gasteiger partial charge in [0.2, 0.25) is 0 Å². The van der Waals surface area contributed by atoms with E-state index in [9.17, 15) is 4.79 Å². The molecular weight excluding hydrogens is 352 g/mol. The molecule has 0 bridgehead atoms. The number of rotatable bonds is 6. The van der Waals surface area contributed by atoms with Crippen LogP contribution in [0.25, 0.3) is 0 Å². The van der Waals surface area contributed by atoms with E-state index in [0.717, 1.165) is 44.3 Å². The fraction of sp³-hybridized carbons (Fsp3) is 0.458. The number of fused-ring (bicyclic) bond motifs is 1. The highest BCUT2D eigenvalue weighted by molar-refractivity contribution is 5.75. The molecule has 4 nitrogen and oxygen atoms in total. The van der Waals surface area contributed by atoms with Gasteiger partial charge in [0.15, 0.2) is 6.79 Å². The third-order valence-electron chi connectivity index (χ3n) is 6.13. The Morgan fingerprint density at radius 1 is 0.786 bits per heavy atom. The number of para-hydroxylation sites is 2. The maximum absolute atomic E-state index is 12.5. The molecule has 0 radical (unpaired) electrons. The van der Waals surface area contributed by atoms with Crippen LogP contribution >= 0.6 is 0 Å². The molecule has 4 rings (SSSR count). The van der Waals surface area contributed by atoms with Crippen LogP contribution in [0.3, 0.4) is 0 Å². The Kier molecular flexibility index (Phi) is 6.27. The number of benzene rings is 2. The zero-order valence-electron chi connectivity index (χ0n) is 16.2. The summed E-state index contributed by atoms with van der Waals surface area (Å²) in [6.45, 7) is 0.304. The van der Waals surface area contributed by atoms with E-state index in [4.69, 9.17) is 14.2 Å². The van der Waals surface area contributed by atoms with E-state index in [2.05, 4.69) is 0 Å². The summed E-state index contributed by atoms with van der Waals surface area (Å²) >= 11 is 0. The van der Waals surface area contributed by atoms with Crippen LogP contribution in [0, 0.1) is 17.8 Å². The maximum Gasteiger partial charge on any atom is 0.314 e. The van der Waals surface area contributed by atoms with Crippen molar-refractivity contribution >= 4 is 5.97 Å². The standard InChI is InChI=1S/C24H28O4/c25-24(28-22-9-5-2-6-10-22)20-12-11-19-16-23(14-13-18(19)15-20)27-17-26-21-7-3-1-4-8-21/h1-10,18-20,23H,11-17H2. The van der Waals surface area contributed by atoms with Crippen LogP contribution in [0.2, 0.25) is 0 Å². The molecule has 2 aliphatic rings. The molecule has 0 amide bonds. The summed E-state index contributed by atoms with van der Waals surface area (Å²) in [4.78, 5) is 12.5. The molecule has 2 aliphatic carbocycles. The second kappa shape index (κ2) is 9.24. The van der Waals surface area contributed by atoms with Crippen molar-refractivity contribution in [1.82, 2.24) is 0 Å². The second-order valence-corrected chi connectivity index (χ2v) is 7.94. The largest absolute Gasteiger partial charge is 0.468 e. The van der Waals surface area contributed by atoms with Crippen LogP contribution in [-0.4, -0.2) is 18.9 Å².